The average molecular weight is 257 g/mol. The zero-order chi connectivity index (χ0) is 13.5. The third kappa shape index (κ3) is 2.06. The number of hydrogen-bond donors (Lipinski definition) is 1. The lowest BCUT2D eigenvalue weighted by Crippen LogP contribution is -2.42. The second kappa shape index (κ2) is 4.64. The van der Waals surface area contributed by atoms with Crippen molar-refractivity contribution in [1.82, 2.24) is 9.55 Å². The first-order valence-electron chi connectivity index (χ1n) is 7.38. The summed E-state index contributed by atoms with van der Waals surface area (Å²) in [5, 5.41) is 0. The van der Waals surface area contributed by atoms with Gasteiger partial charge in [0.2, 0.25) is 0 Å². The summed E-state index contributed by atoms with van der Waals surface area (Å²) in [6.07, 6.45) is 4.53. The summed E-state index contributed by atoms with van der Waals surface area (Å²) in [4.78, 5) is 4.84. The molecule has 0 amide bonds. The number of imidazole rings is 1. The molecule has 0 unspecified atom stereocenters. The summed E-state index contributed by atoms with van der Waals surface area (Å²) in [6, 6.07) is 8.35. The number of rotatable bonds is 2. The van der Waals surface area contributed by atoms with Crippen LogP contribution in [0.25, 0.3) is 11.0 Å². The SMILES string of the molecule is CCn1c(C2(N)CCC(C)CC2)nc2ccccc21. The zero-order valence-corrected chi connectivity index (χ0v) is 11.9. The average Bonchev–Trinajstić information content (AvgIpc) is 2.81. The number of hydrogen-bond acceptors (Lipinski definition) is 2. The normalized spacial score (nSPS) is 27.8. The molecule has 1 fully saturated rings. The fourth-order valence-corrected chi connectivity index (χ4v) is 3.28. The molecule has 0 spiro atoms. The van der Waals surface area contributed by atoms with E-state index in [1.54, 1.807) is 0 Å². The number of para-hydroxylation sites is 2. The third-order valence-corrected chi connectivity index (χ3v) is 4.58. The van der Waals surface area contributed by atoms with Crippen LogP contribution < -0.4 is 5.73 Å². The topological polar surface area (TPSA) is 43.8 Å². The Morgan fingerprint density at radius 3 is 2.68 bits per heavy atom. The number of fused-ring (bicyclic) bond motifs is 1. The highest BCUT2D eigenvalue weighted by molar-refractivity contribution is 5.76. The number of aryl methyl sites for hydroxylation is 1. The van der Waals surface area contributed by atoms with Crippen molar-refractivity contribution in [3.63, 3.8) is 0 Å². The Balaban J connectivity index is 2.09. The predicted octanol–water partition coefficient (Wildman–Crippen LogP) is 3.42. The monoisotopic (exact) mass is 257 g/mol. The van der Waals surface area contributed by atoms with Gasteiger partial charge in [-0.25, -0.2) is 4.98 Å². The van der Waals surface area contributed by atoms with Crippen LogP contribution in [-0.2, 0) is 12.1 Å². The van der Waals surface area contributed by atoms with Gasteiger partial charge in [0.05, 0.1) is 16.6 Å². The molecule has 1 aromatic carbocycles. The molecule has 1 aromatic heterocycles. The minimum Gasteiger partial charge on any atom is -0.327 e. The third-order valence-electron chi connectivity index (χ3n) is 4.58. The van der Waals surface area contributed by atoms with Crippen LogP contribution in [0.15, 0.2) is 24.3 Å². The zero-order valence-electron chi connectivity index (χ0n) is 11.9. The van der Waals surface area contributed by atoms with Crippen LogP contribution in [0.3, 0.4) is 0 Å². The summed E-state index contributed by atoms with van der Waals surface area (Å²) in [5.41, 5.74) is 8.75. The molecule has 1 saturated carbocycles. The van der Waals surface area contributed by atoms with Gasteiger partial charge < -0.3 is 10.3 Å². The van der Waals surface area contributed by atoms with Gasteiger partial charge in [0.15, 0.2) is 0 Å². The Bertz CT molecular complexity index is 577. The molecule has 0 saturated heterocycles. The van der Waals surface area contributed by atoms with Crippen molar-refractivity contribution >= 4 is 11.0 Å². The van der Waals surface area contributed by atoms with Gasteiger partial charge in [0, 0.05) is 6.54 Å². The first-order chi connectivity index (χ1) is 9.14. The highest BCUT2D eigenvalue weighted by Gasteiger charge is 2.36. The van der Waals surface area contributed by atoms with E-state index in [9.17, 15) is 0 Å². The molecule has 102 valence electrons. The van der Waals surface area contributed by atoms with Crippen LogP contribution >= 0.6 is 0 Å². The molecule has 3 heteroatoms. The first kappa shape index (κ1) is 12.7. The van der Waals surface area contributed by atoms with Crippen molar-refractivity contribution in [3.8, 4) is 0 Å². The van der Waals surface area contributed by atoms with E-state index in [2.05, 4.69) is 36.6 Å². The molecule has 0 atom stereocenters. The molecule has 1 aliphatic rings. The van der Waals surface area contributed by atoms with E-state index in [1.807, 2.05) is 6.07 Å². The van der Waals surface area contributed by atoms with Crippen LogP contribution in [0.4, 0.5) is 0 Å². The van der Waals surface area contributed by atoms with E-state index >= 15 is 0 Å². The first-order valence-corrected chi connectivity index (χ1v) is 7.38. The molecule has 2 N–H and O–H groups in total. The highest BCUT2D eigenvalue weighted by atomic mass is 15.1. The van der Waals surface area contributed by atoms with Crippen LogP contribution in [0.1, 0.15) is 45.4 Å². The summed E-state index contributed by atoms with van der Waals surface area (Å²) in [5.74, 6) is 1.89. The maximum Gasteiger partial charge on any atom is 0.130 e. The molecule has 3 nitrogen and oxygen atoms in total. The summed E-state index contributed by atoms with van der Waals surface area (Å²) >= 11 is 0. The molecule has 0 bridgehead atoms. The van der Waals surface area contributed by atoms with Crippen molar-refractivity contribution in [1.29, 1.82) is 0 Å². The standard InChI is InChI=1S/C16H23N3/c1-3-19-14-7-5-4-6-13(14)18-15(19)16(17)10-8-12(2)9-11-16/h4-7,12H,3,8-11,17H2,1-2H3. The maximum absolute atomic E-state index is 6.70. The number of aromatic nitrogens is 2. The quantitative estimate of drug-likeness (QED) is 0.896. The number of benzene rings is 1. The Labute approximate surface area is 114 Å². The van der Waals surface area contributed by atoms with Crippen molar-refractivity contribution in [2.45, 2.75) is 51.6 Å². The molecule has 0 aliphatic heterocycles. The Morgan fingerprint density at radius 1 is 1.32 bits per heavy atom. The predicted molar refractivity (Wildman–Crippen MR) is 78.9 cm³/mol. The molecule has 1 heterocycles. The van der Waals surface area contributed by atoms with Gasteiger partial charge >= 0.3 is 0 Å². The van der Waals surface area contributed by atoms with Gasteiger partial charge in [-0.1, -0.05) is 19.1 Å². The van der Waals surface area contributed by atoms with Crippen molar-refractivity contribution in [2.24, 2.45) is 11.7 Å². The second-order valence-electron chi connectivity index (χ2n) is 6.01. The largest absolute Gasteiger partial charge is 0.327 e. The molecular formula is C16H23N3. The van der Waals surface area contributed by atoms with E-state index in [0.717, 1.165) is 36.6 Å². The van der Waals surface area contributed by atoms with Gasteiger partial charge in [-0.2, -0.15) is 0 Å². The van der Waals surface area contributed by atoms with E-state index in [1.165, 1.54) is 18.4 Å². The highest BCUT2D eigenvalue weighted by Crippen LogP contribution is 2.38. The lowest BCUT2D eigenvalue weighted by atomic mass is 9.77. The Kier molecular flexibility index (Phi) is 3.09. The van der Waals surface area contributed by atoms with Gasteiger partial charge in [-0.3, -0.25) is 0 Å². The number of nitrogens with two attached hydrogens (primary N) is 1. The summed E-state index contributed by atoms with van der Waals surface area (Å²) < 4.78 is 2.30. The van der Waals surface area contributed by atoms with Gasteiger partial charge in [-0.05, 0) is 50.7 Å². The molecule has 0 radical (unpaired) electrons. The maximum atomic E-state index is 6.70. The minimum atomic E-state index is -0.235. The van der Waals surface area contributed by atoms with E-state index in [0.29, 0.717) is 0 Å². The number of nitrogens with zero attached hydrogens (tertiary/aromatic N) is 2. The van der Waals surface area contributed by atoms with Crippen LogP contribution in [0.2, 0.25) is 0 Å². The molecule has 2 aromatic rings. The lowest BCUT2D eigenvalue weighted by Gasteiger charge is -2.35. The van der Waals surface area contributed by atoms with Crippen LogP contribution in [-0.4, -0.2) is 9.55 Å². The molecule has 19 heavy (non-hydrogen) atoms. The molecule has 3 rings (SSSR count). The van der Waals surface area contributed by atoms with Crippen LogP contribution in [0, 0.1) is 5.92 Å². The van der Waals surface area contributed by atoms with Gasteiger partial charge in [0.1, 0.15) is 5.82 Å². The van der Waals surface area contributed by atoms with Crippen molar-refractivity contribution < 1.29 is 0 Å². The summed E-state index contributed by atoms with van der Waals surface area (Å²) in [6.45, 7) is 5.43. The molecular weight excluding hydrogens is 234 g/mol. The van der Waals surface area contributed by atoms with E-state index in [-0.39, 0.29) is 5.54 Å². The van der Waals surface area contributed by atoms with Gasteiger partial charge in [0.25, 0.3) is 0 Å². The minimum absolute atomic E-state index is 0.235. The van der Waals surface area contributed by atoms with Crippen molar-refractivity contribution in [3.05, 3.63) is 30.1 Å². The van der Waals surface area contributed by atoms with Crippen molar-refractivity contribution in [2.75, 3.05) is 0 Å². The second-order valence-corrected chi connectivity index (χ2v) is 6.01. The summed E-state index contributed by atoms with van der Waals surface area (Å²) in [7, 11) is 0. The Morgan fingerprint density at radius 2 is 2.00 bits per heavy atom. The smallest absolute Gasteiger partial charge is 0.130 e. The van der Waals surface area contributed by atoms with Gasteiger partial charge in [-0.15, -0.1) is 0 Å². The fourth-order valence-electron chi connectivity index (χ4n) is 3.28. The van der Waals surface area contributed by atoms with E-state index in [4.69, 9.17) is 10.7 Å². The fraction of sp³-hybridized carbons (Fsp3) is 0.562. The Hall–Kier alpha value is -1.35. The molecule has 1 aliphatic carbocycles. The lowest BCUT2D eigenvalue weighted by molar-refractivity contribution is 0.232. The van der Waals surface area contributed by atoms with Crippen LogP contribution in [0.5, 0.6) is 0 Å². The van der Waals surface area contributed by atoms with E-state index < -0.39 is 0 Å².